The van der Waals surface area contributed by atoms with Gasteiger partial charge >= 0.3 is 10.9 Å². The molecule has 128 valence electrons. The highest BCUT2D eigenvalue weighted by atomic mass is 35.5. The third-order valence-electron chi connectivity index (χ3n) is 1.49. The van der Waals surface area contributed by atoms with Gasteiger partial charge in [0.25, 0.3) is 0 Å². The predicted octanol–water partition coefficient (Wildman–Crippen LogP) is 1.98. The normalized spacial score (nSPS) is 13.7. The van der Waals surface area contributed by atoms with Gasteiger partial charge in [-0.3, -0.25) is 0 Å². The fourth-order valence-corrected chi connectivity index (χ4v) is 0.704. The molecule has 0 aliphatic heterocycles. The van der Waals surface area contributed by atoms with E-state index >= 15 is 0 Å². The molecular weight excluding hydrogens is 331 g/mol. The minimum absolute atomic E-state index is 0.0170. The third kappa shape index (κ3) is 45.2. The monoisotopic (exact) mass is 352 g/mol. The quantitative estimate of drug-likeness (QED) is 0.511. The summed E-state index contributed by atoms with van der Waals surface area (Å²) < 4.78 is 10.5. The Kier molecular flexibility index (Phi) is 21.0. The van der Waals surface area contributed by atoms with Crippen LogP contribution in [0.15, 0.2) is 0 Å². The summed E-state index contributed by atoms with van der Waals surface area (Å²) in [5.74, 6) is 0. The average Bonchev–Trinajstić information content (AvgIpc) is 2.31. The minimum atomic E-state index is -1.36. The van der Waals surface area contributed by atoms with Crippen molar-refractivity contribution in [3.63, 3.8) is 0 Å². The van der Waals surface area contributed by atoms with Gasteiger partial charge in [-0.2, -0.15) is 0 Å². The number of aliphatic hydroxyl groups excluding tert-OH is 2. The smallest absolute Gasteiger partial charge is 0.401 e. The Hall–Kier alpha value is -0.640. The molecular formula is C11H22Cl2O8. The molecule has 10 heteroatoms. The second kappa shape index (κ2) is 17.4. The van der Waals surface area contributed by atoms with E-state index < -0.39 is 17.0 Å². The minimum Gasteiger partial charge on any atom is -0.469 e. The van der Waals surface area contributed by atoms with Crippen LogP contribution in [0.5, 0.6) is 0 Å². The molecule has 0 fully saturated rings. The fraction of sp³-hybridized carbons (Fsp3) is 0.818. The summed E-state index contributed by atoms with van der Waals surface area (Å²) in [6.07, 6.45) is -0.654. The van der Waals surface area contributed by atoms with Gasteiger partial charge in [-0.05, 0) is 20.8 Å². The van der Waals surface area contributed by atoms with Crippen LogP contribution in [0.2, 0.25) is 0 Å². The van der Waals surface area contributed by atoms with Crippen molar-refractivity contribution in [1.82, 2.24) is 0 Å². The Morgan fingerprint density at radius 1 is 0.952 bits per heavy atom. The SMILES string of the molecule is CC(O)COC(C)COC(C)CO.O=C(O)Cl.O=C(O)Cl. The van der Waals surface area contributed by atoms with Crippen molar-refractivity contribution in [1.29, 1.82) is 0 Å². The zero-order valence-corrected chi connectivity index (χ0v) is 13.5. The van der Waals surface area contributed by atoms with E-state index in [9.17, 15) is 0 Å². The van der Waals surface area contributed by atoms with Crippen LogP contribution in [0.25, 0.3) is 0 Å². The molecule has 0 aliphatic rings. The summed E-state index contributed by atoms with van der Waals surface area (Å²) in [4.78, 5) is 17.5. The van der Waals surface area contributed by atoms with Gasteiger partial charge in [-0.25, -0.2) is 9.59 Å². The number of aliphatic hydroxyl groups is 2. The molecule has 0 aliphatic carbocycles. The van der Waals surface area contributed by atoms with Crippen molar-refractivity contribution in [2.24, 2.45) is 0 Å². The summed E-state index contributed by atoms with van der Waals surface area (Å²) in [6, 6.07) is 0. The molecule has 0 spiro atoms. The van der Waals surface area contributed by atoms with Crippen LogP contribution >= 0.6 is 23.2 Å². The van der Waals surface area contributed by atoms with E-state index in [1.54, 1.807) is 13.8 Å². The molecule has 0 aromatic rings. The topological polar surface area (TPSA) is 134 Å². The summed E-state index contributed by atoms with van der Waals surface area (Å²) >= 11 is 8.38. The van der Waals surface area contributed by atoms with E-state index in [0.717, 1.165) is 0 Å². The van der Waals surface area contributed by atoms with Gasteiger partial charge in [-0.15, -0.1) is 0 Å². The Labute approximate surface area is 133 Å². The molecule has 3 atom stereocenters. The zero-order chi connectivity index (χ0) is 17.4. The number of hydrogen-bond donors (Lipinski definition) is 4. The van der Waals surface area contributed by atoms with Crippen LogP contribution in [-0.4, -0.2) is 69.4 Å². The first-order valence-corrected chi connectivity index (χ1v) is 6.57. The van der Waals surface area contributed by atoms with Gasteiger partial charge in [0.1, 0.15) is 0 Å². The second-order valence-corrected chi connectivity index (χ2v) is 4.47. The van der Waals surface area contributed by atoms with Crippen LogP contribution < -0.4 is 0 Å². The lowest BCUT2D eigenvalue weighted by atomic mass is 10.4. The lowest BCUT2D eigenvalue weighted by Gasteiger charge is -2.16. The first-order chi connectivity index (χ1) is 9.52. The molecule has 0 radical (unpaired) electrons. The molecule has 0 heterocycles. The van der Waals surface area contributed by atoms with Crippen molar-refractivity contribution in [3.05, 3.63) is 0 Å². The number of carbonyl (C=O) groups is 2. The Balaban J connectivity index is -0.000000334. The molecule has 21 heavy (non-hydrogen) atoms. The fourth-order valence-electron chi connectivity index (χ4n) is 0.704. The van der Waals surface area contributed by atoms with Gasteiger partial charge in [0.05, 0.1) is 38.1 Å². The molecule has 4 N–H and O–H groups in total. The van der Waals surface area contributed by atoms with E-state index in [1.165, 1.54) is 0 Å². The van der Waals surface area contributed by atoms with Gasteiger partial charge < -0.3 is 29.9 Å². The molecule has 0 aromatic carbocycles. The maximum Gasteiger partial charge on any atom is 0.401 e. The van der Waals surface area contributed by atoms with Crippen LogP contribution in [0.1, 0.15) is 20.8 Å². The van der Waals surface area contributed by atoms with E-state index in [1.807, 2.05) is 6.92 Å². The molecule has 0 rings (SSSR count). The highest BCUT2D eigenvalue weighted by Gasteiger charge is 2.06. The largest absolute Gasteiger partial charge is 0.469 e. The standard InChI is InChI=1S/C9H20O4.2CHClO2/c1-7(11)5-12-9(3)6-13-8(2)4-10;2*2-1(3)4/h7-11H,4-6H2,1-3H3;2*(H,3,4). The maximum atomic E-state index is 8.92. The van der Waals surface area contributed by atoms with Crippen molar-refractivity contribution >= 4 is 34.1 Å². The third-order valence-corrected chi connectivity index (χ3v) is 1.49. The lowest BCUT2D eigenvalue weighted by molar-refractivity contribution is -0.0620. The summed E-state index contributed by atoms with van der Waals surface area (Å²) in [5, 5.41) is 31.9. The zero-order valence-electron chi connectivity index (χ0n) is 12.0. The number of hydrogen-bond acceptors (Lipinski definition) is 6. The Morgan fingerprint density at radius 3 is 1.57 bits per heavy atom. The summed E-state index contributed by atoms with van der Waals surface area (Å²) in [7, 11) is 0. The van der Waals surface area contributed by atoms with Crippen molar-refractivity contribution in [2.45, 2.75) is 39.1 Å². The van der Waals surface area contributed by atoms with Gasteiger partial charge in [0.15, 0.2) is 0 Å². The van der Waals surface area contributed by atoms with Crippen molar-refractivity contribution in [2.75, 3.05) is 19.8 Å². The average molecular weight is 353 g/mol. The van der Waals surface area contributed by atoms with Gasteiger partial charge in [-0.1, -0.05) is 0 Å². The Morgan fingerprint density at radius 2 is 1.29 bits per heavy atom. The van der Waals surface area contributed by atoms with Gasteiger partial charge in [0.2, 0.25) is 0 Å². The highest BCUT2D eigenvalue weighted by molar-refractivity contribution is 6.60. The number of ether oxygens (including phenoxy) is 2. The summed E-state index contributed by atoms with van der Waals surface area (Å²) in [5.41, 5.74) is -2.72. The van der Waals surface area contributed by atoms with E-state index in [4.69, 9.17) is 39.5 Å². The molecule has 0 amide bonds. The molecule has 0 saturated carbocycles. The van der Waals surface area contributed by atoms with E-state index in [0.29, 0.717) is 13.2 Å². The first-order valence-electron chi connectivity index (χ1n) is 5.81. The molecule has 8 nitrogen and oxygen atoms in total. The van der Waals surface area contributed by atoms with Crippen LogP contribution in [-0.2, 0) is 9.47 Å². The van der Waals surface area contributed by atoms with Crippen LogP contribution in [0.4, 0.5) is 9.59 Å². The molecule has 3 unspecified atom stereocenters. The van der Waals surface area contributed by atoms with Crippen LogP contribution in [0.3, 0.4) is 0 Å². The number of halogens is 2. The highest BCUT2D eigenvalue weighted by Crippen LogP contribution is 1.97. The first kappa shape index (κ1) is 25.3. The van der Waals surface area contributed by atoms with Gasteiger partial charge in [0, 0.05) is 23.2 Å². The maximum absolute atomic E-state index is 8.92. The number of rotatable bonds is 7. The Bertz CT molecular complexity index is 243. The van der Waals surface area contributed by atoms with E-state index in [-0.39, 0.29) is 18.8 Å². The second-order valence-electron chi connectivity index (χ2n) is 3.83. The van der Waals surface area contributed by atoms with Crippen molar-refractivity contribution < 1.29 is 39.5 Å². The van der Waals surface area contributed by atoms with Crippen molar-refractivity contribution in [3.8, 4) is 0 Å². The summed E-state index contributed by atoms with van der Waals surface area (Å²) in [6.45, 7) is 6.10. The van der Waals surface area contributed by atoms with Crippen LogP contribution in [0, 0.1) is 0 Å². The van der Waals surface area contributed by atoms with E-state index in [2.05, 4.69) is 23.2 Å². The molecule has 0 aromatic heterocycles. The molecule has 0 saturated heterocycles. The molecule has 0 bridgehead atoms. The number of carboxylic acid groups (broad SMARTS) is 2. The predicted molar refractivity (Wildman–Crippen MR) is 77.4 cm³/mol. The lowest BCUT2D eigenvalue weighted by Crippen LogP contribution is -2.24.